The van der Waals surface area contributed by atoms with E-state index in [1.165, 1.54) is 43.4 Å². The van der Waals surface area contributed by atoms with Crippen molar-refractivity contribution in [1.82, 2.24) is 4.57 Å². The number of hydrogen-bond donors (Lipinski definition) is 0. The van der Waals surface area contributed by atoms with Crippen LogP contribution in [0.1, 0.15) is 5.56 Å². The number of imidazole rings is 1. The lowest BCUT2D eigenvalue weighted by Gasteiger charge is -2.10. The van der Waals surface area contributed by atoms with Crippen LogP contribution in [0.4, 0.5) is 10.5 Å². The van der Waals surface area contributed by atoms with Crippen LogP contribution in [0.3, 0.4) is 0 Å². The summed E-state index contributed by atoms with van der Waals surface area (Å²) < 4.78 is 18.1. The van der Waals surface area contributed by atoms with Crippen LogP contribution in [0, 0.1) is 10.1 Å². The van der Waals surface area contributed by atoms with E-state index in [-0.39, 0.29) is 23.6 Å². The summed E-state index contributed by atoms with van der Waals surface area (Å²) in [6.45, 7) is -0.266. The molecule has 0 aliphatic rings. The van der Waals surface area contributed by atoms with E-state index in [1.54, 1.807) is 17.8 Å². The minimum Gasteiger partial charge on any atom is -0.493 e. The molecule has 1 aromatic heterocycles. The van der Waals surface area contributed by atoms with Crippen LogP contribution in [0.5, 0.6) is 11.5 Å². The molecule has 0 bridgehead atoms. The minimum absolute atomic E-state index is 0.206. The molecule has 2 aromatic rings. The number of nitro groups is 1. The Hall–Kier alpha value is -3.10. The third-order valence-corrected chi connectivity index (χ3v) is 3.11. The van der Waals surface area contributed by atoms with Crippen molar-refractivity contribution in [3.63, 3.8) is 0 Å². The zero-order valence-corrected chi connectivity index (χ0v) is 12.9. The summed E-state index contributed by atoms with van der Waals surface area (Å²) in [6.07, 6.45) is 4.06. The first-order valence-corrected chi connectivity index (χ1v) is 6.56. The number of ether oxygens (including phenoxy) is 3. The molecule has 0 radical (unpaired) electrons. The number of aryl methyl sites for hydroxylation is 1. The van der Waals surface area contributed by atoms with Crippen LogP contribution in [0.25, 0.3) is 0 Å². The molecule has 0 spiro atoms. The highest BCUT2D eigenvalue weighted by Gasteiger charge is 2.22. The maximum absolute atomic E-state index is 11.9. The summed E-state index contributed by atoms with van der Waals surface area (Å²) >= 11 is 0. The molecule has 0 amide bonds. The maximum atomic E-state index is 11.9. The second-order valence-corrected chi connectivity index (χ2v) is 4.63. The monoisotopic (exact) mass is 322 g/mol. The smallest absolute Gasteiger partial charge is 0.493 e. The molecule has 0 atom stereocenters. The van der Waals surface area contributed by atoms with E-state index >= 15 is 0 Å². The van der Waals surface area contributed by atoms with Crippen molar-refractivity contribution in [2.24, 2.45) is 7.05 Å². The average Bonchev–Trinajstić information content (AvgIpc) is 2.98. The first-order chi connectivity index (χ1) is 11.0. The topological polar surface area (TPSA) is 96.7 Å². The summed E-state index contributed by atoms with van der Waals surface area (Å²) in [5, 5.41) is 11.2. The Labute approximate surface area is 131 Å². The quantitative estimate of drug-likeness (QED) is 0.469. The number of methoxy groups -OCH3 is 2. The summed E-state index contributed by atoms with van der Waals surface area (Å²) in [5.74, 6) is 0.545. The summed E-state index contributed by atoms with van der Waals surface area (Å²) in [7, 11) is 4.55. The maximum Gasteiger partial charge on any atom is 0.511 e. The average molecular weight is 322 g/mol. The van der Waals surface area contributed by atoms with Crippen LogP contribution in [-0.2, 0) is 18.4 Å². The second kappa shape index (κ2) is 6.77. The lowest BCUT2D eigenvalue weighted by Crippen LogP contribution is -2.25. The highest BCUT2D eigenvalue weighted by molar-refractivity contribution is 5.70. The van der Waals surface area contributed by atoms with Gasteiger partial charge in [-0.3, -0.25) is 10.1 Å². The molecular weight excluding hydrogens is 306 g/mol. The highest BCUT2D eigenvalue weighted by atomic mass is 16.6. The number of carbonyl (C=O) groups excluding carboxylic acids is 1. The molecule has 1 heterocycles. The summed E-state index contributed by atoms with van der Waals surface area (Å²) in [6, 6.07) is 2.65. The van der Waals surface area contributed by atoms with Gasteiger partial charge in [-0.2, -0.15) is 4.79 Å². The summed E-state index contributed by atoms with van der Waals surface area (Å²) in [5.41, 5.74) is -0.00829. The Morgan fingerprint density at radius 1 is 1.30 bits per heavy atom. The minimum atomic E-state index is -0.644. The highest BCUT2D eigenvalue weighted by Crippen LogP contribution is 2.34. The molecule has 0 unspecified atom stereocenters. The van der Waals surface area contributed by atoms with Crippen LogP contribution >= 0.6 is 0 Å². The van der Waals surface area contributed by atoms with Crippen LogP contribution < -0.4 is 14.0 Å². The van der Waals surface area contributed by atoms with E-state index in [4.69, 9.17) is 14.2 Å². The van der Waals surface area contributed by atoms with Gasteiger partial charge in [0.05, 0.1) is 37.8 Å². The van der Waals surface area contributed by atoms with Gasteiger partial charge in [0, 0.05) is 0 Å². The van der Waals surface area contributed by atoms with Crippen molar-refractivity contribution in [1.29, 1.82) is 0 Å². The fraction of sp³-hybridized carbons (Fsp3) is 0.286. The van der Waals surface area contributed by atoms with Gasteiger partial charge in [-0.1, -0.05) is 0 Å². The Balaban J connectivity index is 2.24. The van der Waals surface area contributed by atoms with Gasteiger partial charge >= 0.3 is 6.09 Å². The zero-order valence-electron chi connectivity index (χ0n) is 12.9. The van der Waals surface area contributed by atoms with Crippen LogP contribution in [0.2, 0.25) is 0 Å². The van der Waals surface area contributed by atoms with Crippen LogP contribution in [-0.4, -0.2) is 29.8 Å². The predicted octanol–water partition coefficient (Wildman–Crippen LogP) is 1.42. The first-order valence-electron chi connectivity index (χ1n) is 6.56. The molecule has 2 rings (SSSR count). The van der Waals surface area contributed by atoms with Gasteiger partial charge in [0.2, 0.25) is 0 Å². The SMILES string of the molecule is COc1cc(COC(=O)n2cc[n+](C)c2)c([N+](=O)[O-])cc1OC. The largest absolute Gasteiger partial charge is 0.511 e. The predicted molar refractivity (Wildman–Crippen MR) is 77.4 cm³/mol. The summed E-state index contributed by atoms with van der Waals surface area (Å²) in [4.78, 5) is 22.5. The number of rotatable bonds is 5. The van der Waals surface area contributed by atoms with E-state index in [9.17, 15) is 14.9 Å². The number of hydrogen-bond acceptors (Lipinski definition) is 6. The Morgan fingerprint density at radius 3 is 2.48 bits per heavy atom. The zero-order chi connectivity index (χ0) is 17.0. The Bertz CT molecular complexity index is 740. The molecule has 0 fully saturated rings. The molecule has 0 aliphatic heterocycles. The third kappa shape index (κ3) is 3.57. The van der Waals surface area contributed by atoms with Crippen molar-refractivity contribution >= 4 is 11.8 Å². The van der Waals surface area contributed by atoms with Gasteiger partial charge in [0.1, 0.15) is 19.0 Å². The first kappa shape index (κ1) is 16.3. The Kier molecular flexibility index (Phi) is 4.79. The Morgan fingerprint density at radius 2 is 1.96 bits per heavy atom. The van der Waals surface area contributed by atoms with Crippen molar-refractivity contribution in [2.45, 2.75) is 6.61 Å². The van der Waals surface area contributed by atoms with E-state index in [0.29, 0.717) is 5.75 Å². The number of nitro benzene ring substituents is 1. The standard InChI is InChI=1S/C14H16N3O6/c1-15-4-5-16(9-15)14(18)23-8-10-6-12(21-2)13(22-3)7-11(10)17(19)20/h4-7,9H,8H2,1-3H3/q+1. The molecule has 0 N–H and O–H groups in total. The lowest BCUT2D eigenvalue weighted by atomic mass is 10.1. The van der Waals surface area contributed by atoms with Crippen LogP contribution in [0.15, 0.2) is 30.9 Å². The number of carbonyl (C=O) groups is 1. The molecule has 9 heteroatoms. The lowest BCUT2D eigenvalue weighted by molar-refractivity contribution is -0.670. The van der Waals surface area contributed by atoms with Crippen molar-refractivity contribution in [2.75, 3.05) is 14.2 Å². The van der Waals surface area contributed by atoms with Crippen molar-refractivity contribution < 1.29 is 28.5 Å². The molecule has 1 aromatic carbocycles. The van der Waals surface area contributed by atoms with Gasteiger partial charge in [-0.25, -0.2) is 4.57 Å². The number of aromatic nitrogens is 2. The third-order valence-electron chi connectivity index (χ3n) is 3.11. The molecule has 0 aliphatic carbocycles. The van der Waals surface area contributed by atoms with E-state index in [1.807, 2.05) is 0 Å². The molecule has 23 heavy (non-hydrogen) atoms. The van der Waals surface area contributed by atoms with E-state index in [0.717, 1.165) is 0 Å². The van der Waals surface area contributed by atoms with Crippen molar-refractivity contribution in [3.8, 4) is 11.5 Å². The molecule has 9 nitrogen and oxygen atoms in total. The van der Waals surface area contributed by atoms with E-state index < -0.39 is 11.0 Å². The fourth-order valence-electron chi connectivity index (χ4n) is 1.97. The number of nitrogens with zero attached hydrogens (tertiary/aromatic N) is 3. The molecule has 0 saturated carbocycles. The van der Waals surface area contributed by atoms with Gasteiger partial charge in [0.15, 0.2) is 11.5 Å². The molecule has 0 saturated heterocycles. The van der Waals surface area contributed by atoms with Gasteiger partial charge in [0.25, 0.3) is 12.0 Å². The van der Waals surface area contributed by atoms with E-state index in [2.05, 4.69) is 0 Å². The number of benzene rings is 1. The van der Waals surface area contributed by atoms with Crippen molar-refractivity contribution in [3.05, 3.63) is 46.5 Å². The van der Waals surface area contributed by atoms with Gasteiger partial charge < -0.3 is 14.2 Å². The fourth-order valence-corrected chi connectivity index (χ4v) is 1.97. The normalized spacial score (nSPS) is 10.2. The molecular formula is C14H16N3O6+. The van der Waals surface area contributed by atoms with Gasteiger partial charge in [-0.15, -0.1) is 4.57 Å². The second-order valence-electron chi connectivity index (χ2n) is 4.63. The molecule has 122 valence electrons. The van der Waals surface area contributed by atoms with Gasteiger partial charge in [-0.05, 0) is 6.07 Å².